The van der Waals surface area contributed by atoms with Crippen LogP contribution in [0.2, 0.25) is 5.02 Å². The highest BCUT2D eigenvalue weighted by atomic mass is 35.5. The van der Waals surface area contributed by atoms with Gasteiger partial charge in [0.15, 0.2) is 0 Å². The van der Waals surface area contributed by atoms with Gasteiger partial charge in [0.1, 0.15) is 5.75 Å². The minimum atomic E-state index is 0.352. The van der Waals surface area contributed by atoms with E-state index in [1.54, 1.807) is 7.11 Å². The molecule has 1 aromatic carbocycles. The molecule has 1 fully saturated rings. The summed E-state index contributed by atoms with van der Waals surface area (Å²) in [5.41, 5.74) is 1.02. The average Bonchev–Trinajstić information content (AvgIpc) is 2.42. The van der Waals surface area contributed by atoms with E-state index in [2.05, 4.69) is 17.6 Å². The number of rotatable bonds is 5. The van der Waals surface area contributed by atoms with Gasteiger partial charge in [-0.2, -0.15) is 0 Å². The van der Waals surface area contributed by atoms with Crippen molar-refractivity contribution < 1.29 is 9.47 Å². The molecule has 1 aromatic rings. The Hall–Kier alpha value is -0.970. The van der Waals surface area contributed by atoms with Gasteiger partial charge < -0.3 is 20.1 Å². The molecule has 1 saturated heterocycles. The lowest BCUT2D eigenvalue weighted by atomic mass is 10.1. The Kier molecular flexibility index (Phi) is 5.31. The van der Waals surface area contributed by atoms with Crippen LogP contribution in [0.5, 0.6) is 5.75 Å². The first-order valence-corrected chi connectivity index (χ1v) is 6.98. The van der Waals surface area contributed by atoms with Crippen molar-refractivity contribution in [1.29, 1.82) is 0 Å². The van der Waals surface area contributed by atoms with Gasteiger partial charge in [0.2, 0.25) is 0 Å². The van der Waals surface area contributed by atoms with Crippen LogP contribution in [0.3, 0.4) is 0 Å². The molecule has 2 atom stereocenters. The van der Waals surface area contributed by atoms with Crippen LogP contribution in [0.4, 0.5) is 5.69 Å². The Balaban J connectivity index is 1.88. The van der Waals surface area contributed by atoms with E-state index in [1.165, 1.54) is 0 Å². The maximum Gasteiger partial charge on any atom is 0.139 e. The molecule has 0 saturated carbocycles. The minimum absolute atomic E-state index is 0.352. The van der Waals surface area contributed by atoms with Gasteiger partial charge in [-0.25, -0.2) is 0 Å². The van der Waals surface area contributed by atoms with Gasteiger partial charge in [-0.15, -0.1) is 0 Å². The normalized spacial score (nSPS) is 20.9. The van der Waals surface area contributed by atoms with Crippen molar-refractivity contribution in [2.45, 2.75) is 25.4 Å². The van der Waals surface area contributed by atoms with E-state index in [1.807, 2.05) is 18.2 Å². The number of hydrogen-bond donors (Lipinski definition) is 2. The molecule has 1 heterocycles. The molecule has 0 bridgehead atoms. The SMILES string of the molecule is COc1cc(NC(C)CC2COCCN2)ccc1Cl. The van der Waals surface area contributed by atoms with E-state index in [-0.39, 0.29) is 0 Å². The standard InChI is InChI=1S/C14H21ClN2O2/c1-10(7-12-9-19-6-5-16-12)17-11-3-4-13(15)14(8-11)18-2/h3-4,8,10,12,16-17H,5-7,9H2,1-2H3. The molecular weight excluding hydrogens is 264 g/mol. The molecule has 2 N–H and O–H groups in total. The van der Waals surface area contributed by atoms with Crippen molar-refractivity contribution >= 4 is 17.3 Å². The van der Waals surface area contributed by atoms with Crippen LogP contribution in [0.25, 0.3) is 0 Å². The molecule has 4 nitrogen and oxygen atoms in total. The fourth-order valence-corrected chi connectivity index (χ4v) is 2.49. The summed E-state index contributed by atoms with van der Waals surface area (Å²) in [6.07, 6.45) is 1.02. The Labute approximate surface area is 119 Å². The first kappa shape index (κ1) is 14.4. The number of morpholine rings is 1. The average molecular weight is 285 g/mol. The van der Waals surface area contributed by atoms with E-state index in [0.717, 1.165) is 31.9 Å². The summed E-state index contributed by atoms with van der Waals surface area (Å²) in [5, 5.41) is 7.54. The van der Waals surface area contributed by atoms with Crippen LogP contribution in [-0.2, 0) is 4.74 Å². The minimum Gasteiger partial charge on any atom is -0.495 e. The third-order valence-electron chi connectivity index (χ3n) is 3.20. The Morgan fingerprint density at radius 2 is 2.42 bits per heavy atom. The van der Waals surface area contributed by atoms with E-state index >= 15 is 0 Å². The molecule has 5 heteroatoms. The molecule has 1 aliphatic rings. The summed E-state index contributed by atoms with van der Waals surface area (Å²) >= 11 is 6.01. The van der Waals surface area contributed by atoms with Crippen LogP contribution in [0.1, 0.15) is 13.3 Å². The van der Waals surface area contributed by atoms with E-state index < -0.39 is 0 Å². The van der Waals surface area contributed by atoms with Gasteiger partial charge in [-0.05, 0) is 25.5 Å². The topological polar surface area (TPSA) is 42.5 Å². The number of anilines is 1. The lowest BCUT2D eigenvalue weighted by Gasteiger charge is -2.27. The third-order valence-corrected chi connectivity index (χ3v) is 3.51. The smallest absolute Gasteiger partial charge is 0.139 e. The first-order chi connectivity index (χ1) is 9.19. The third kappa shape index (κ3) is 4.27. The van der Waals surface area contributed by atoms with Gasteiger partial charge in [-0.3, -0.25) is 0 Å². The summed E-state index contributed by atoms with van der Waals surface area (Å²) in [5.74, 6) is 0.693. The number of hydrogen-bond acceptors (Lipinski definition) is 4. The van der Waals surface area contributed by atoms with Gasteiger partial charge in [0, 0.05) is 30.4 Å². The highest BCUT2D eigenvalue weighted by Crippen LogP contribution is 2.27. The maximum absolute atomic E-state index is 6.01. The molecule has 0 spiro atoms. The zero-order valence-electron chi connectivity index (χ0n) is 11.4. The van der Waals surface area contributed by atoms with Crippen LogP contribution in [0, 0.1) is 0 Å². The molecular formula is C14H21ClN2O2. The molecule has 106 valence electrons. The lowest BCUT2D eigenvalue weighted by Crippen LogP contribution is -2.43. The van der Waals surface area contributed by atoms with Gasteiger partial charge in [0.25, 0.3) is 0 Å². The second-order valence-electron chi connectivity index (χ2n) is 4.86. The van der Waals surface area contributed by atoms with Crippen LogP contribution >= 0.6 is 11.6 Å². The van der Waals surface area contributed by atoms with Crippen molar-refractivity contribution in [3.8, 4) is 5.75 Å². The van der Waals surface area contributed by atoms with E-state index in [4.69, 9.17) is 21.1 Å². The highest BCUT2D eigenvalue weighted by molar-refractivity contribution is 6.32. The van der Waals surface area contributed by atoms with E-state index in [0.29, 0.717) is 22.9 Å². The number of ether oxygens (including phenoxy) is 2. The predicted octanol–water partition coefficient (Wildman–Crippen LogP) is 2.53. The molecule has 1 aliphatic heterocycles. The number of nitrogens with one attached hydrogen (secondary N) is 2. The molecule has 19 heavy (non-hydrogen) atoms. The summed E-state index contributed by atoms with van der Waals surface area (Å²) in [6, 6.07) is 6.50. The summed E-state index contributed by atoms with van der Waals surface area (Å²) in [4.78, 5) is 0. The van der Waals surface area contributed by atoms with Crippen molar-refractivity contribution in [3.63, 3.8) is 0 Å². The van der Waals surface area contributed by atoms with Crippen LogP contribution < -0.4 is 15.4 Å². The quantitative estimate of drug-likeness (QED) is 0.872. The second kappa shape index (κ2) is 6.98. The molecule has 0 radical (unpaired) electrons. The molecule has 0 aromatic heterocycles. The summed E-state index contributed by atoms with van der Waals surface area (Å²) in [7, 11) is 1.62. The fourth-order valence-electron chi connectivity index (χ4n) is 2.29. The van der Waals surface area contributed by atoms with Crippen LogP contribution in [-0.4, -0.2) is 39.0 Å². The Bertz CT molecular complexity index is 408. The second-order valence-corrected chi connectivity index (χ2v) is 5.26. The van der Waals surface area contributed by atoms with Gasteiger partial charge >= 0.3 is 0 Å². The number of methoxy groups -OCH3 is 1. The van der Waals surface area contributed by atoms with Gasteiger partial charge in [-0.1, -0.05) is 11.6 Å². The molecule has 2 rings (SSSR count). The molecule has 0 amide bonds. The zero-order valence-corrected chi connectivity index (χ0v) is 12.2. The van der Waals surface area contributed by atoms with E-state index in [9.17, 15) is 0 Å². The van der Waals surface area contributed by atoms with Crippen molar-refractivity contribution in [2.24, 2.45) is 0 Å². The summed E-state index contributed by atoms with van der Waals surface area (Å²) in [6.45, 7) is 4.70. The zero-order chi connectivity index (χ0) is 13.7. The van der Waals surface area contributed by atoms with Crippen LogP contribution in [0.15, 0.2) is 18.2 Å². The largest absolute Gasteiger partial charge is 0.495 e. The Morgan fingerprint density at radius 3 is 3.11 bits per heavy atom. The molecule has 2 unspecified atom stereocenters. The van der Waals surface area contributed by atoms with Crippen molar-refractivity contribution in [3.05, 3.63) is 23.2 Å². The molecule has 0 aliphatic carbocycles. The van der Waals surface area contributed by atoms with Crippen molar-refractivity contribution in [1.82, 2.24) is 5.32 Å². The summed E-state index contributed by atoms with van der Waals surface area (Å²) < 4.78 is 10.7. The monoisotopic (exact) mass is 284 g/mol. The highest BCUT2D eigenvalue weighted by Gasteiger charge is 2.16. The predicted molar refractivity (Wildman–Crippen MR) is 78.3 cm³/mol. The number of halogens is 1. The fraction of sp³-hybridized carbons (Fsp3) is 0.571. The first-order valence-electron chi connectivity index (χ1n) is 6.60. The van der Waals surface area contributed by atoms with Crippen molar-refractivity contribution in [2.75, 3.05) is 32.2 Å². The lowest BCUT2D eigenvalue weighted by molar-refractivity contribution is 0.0731. The van der Waals surface area contributed by atoms with Gasteiger partial charge in [0.05, 0.1) is 25.3 Å². The maximum atomic E-state index is 6.01. The number of benzene rings is 1. The Morgan fingerprint density at radius 1 is 1.58 bits per heavy atom.